The number of hydrogen-bond acceptors (Lipinski definition) is 0. The van der Waals surface area contributed by atoms with E-state index in [4.69, 9.17) is 0 Å². The average Bonchev–Trinajstić information content (AvgIpc) is 3.66. The molecule has 0 bridgehead atoms. The second-order valence-electron chi connectivity index (χ2n) is 10.9. The molecule has 1 aromatic heterocycles. The van der Waals surface area contributed by atoms with Gasteiger partial charge in [-0.15, -0.1) is 0 Å². The Morgan fingerprint density at radius 3 is 1.82 bits per heavy atom. The summed E-state index contributed by atoms with van der Waals surface area (Å²) in [5, 5.41) is 2.60. The fourth-order valence-electron chi connectivity index (χ4n) is 7.17. The summed E-state index contributed by atoms with van der Waals surface area (Å²) < 4.78 is 2.48. The van der Waals surface area contributed by atoms with Crippen LogP contribution in [0.15, 0.2) is 127 Å². The molecule has 0 fully saturated rings. The van der Waals surface area contributed by atoms with E-state index in [0.29, 0.717) is 0 Å². The highest BCUT2D eigenvalue weighted by atomic mass is 15.0. The van der Waals surface area contributed by atoms with Gasteiger partial charge in [0.1, 0.15) is 0 Å². The third kappa shape index (κ3) is 2.90. The number of benzene rings is 6. The second-order valence-corrected chi connectivity index (χ2v) is 10.9. The third-order valence-electron chi connectivity index (χ3n) is 8.84. The van der Waals surface area contributed by atoms with Gasteiger partial charge in [0.15, 0.2) is 0 Å². The molecule has 0 amide bonds. The molecule has 0 aliphatic heterocycles. The fraction of sp³-hybridized carbons (Fsp3) is 0.0526. The van der Waals surface area contributed by atoms with Crippen molar-refractivity contribution in [2.45, 2.75) is 12.8 Å². The Bertz CT molecular complexity index is 2070. The van der Waals surface area contributed by atoms with Gasteiger partial charge in [-0.3, -0.25) is 0 Å². The van der Waals surface area contributed by atoms with Crippen LogP contribution in [0.1, 0.15) is 22.3 Å². The van der Waals surface area contributed by atoms with Gasteiger partial charge in [-0.1, -0.05) is 103 Å². The van der Waals surface area contributed by atoms with E-state index in [2.05, 4.69) is 132 Å². The van der Waals surface area contributed by atoms with Crippen LogP contribution in [0.5, 0.6) is 0 Å². The standard InChI is InChI=1S/C38H25N/c1-2-12-29-24(9-1)21-25-19-20-26(23-33(25)29)30-15-7-10-27-22-28-11-8-18-36(38(28)37(27)30)39-34-16-5-3-13-31(34)32-14-4-6-17-35(32)39/h1-20,23H,21-22H2. The van der Waals surface area contributed by atoms with Gasteiger partial charge in [0.05, 0.1) is 16.7 Å². The molecule has 1 heterocycles. The Hall–Kier alpha value is -4.88. The van der Waals surface area contributed by atoms with Crippen LogP contribution in [0.2, 0.25) is 0 Å². The number of hydrogen-bond donors (Lipinski definition) is 0. The summed E-state index contributed by atoms with van der Waals surface area (Å²) in [7, 11) is 0. The quantitative estimate of drug-likeness (QED) is 0.225. The summed E-state index contributed by atoms with van der Waals surface area (Å²) in [6.07, 6.45) is 2.00. The number of para-hydroxylation sites is 2. The number of aromatic nitrogens is 1. The third-order valence-corrected chi connectivity index (χ3v) is 8.84. The molecule has 9 rings (SSSR count). The highest BCUT2D eigenvalue weighted by molar-refractivity contribution is 6.10. The normalized spacial score (nSPS) is 12.9. The van der Waals surface area contributed by atoms with E-state index in [9.17, 15) is 0 Å². The maximum Gasteiger partial charge on any atom is 0.0543 e. The van der Waals surface area contributed by atoms with Crippen LogP contribution in [0.4, 0.5) is 0 Å². The molecule has 1 heteroatoms. The van der Waals surface area contributed by atoms with Gasteiger partial charge in [-0.25, -0.2) is 0 Å². The molecular weight excluding hydrogens is 470 g/mol. The van der Waals surface area contributed by atoms with Gasteiger partial charge >= 0.3 is 0 Å². The van der Waals surface area contributed by atoms with Crippen molar-refractivity contribution in [2.24, 2.45) is 0 Å². The predicted octanol–water partition coefficient (Wildman–Crippen LogP) is 9.59. The minimum atomic E-state index is 0.969. The van der Waals surface area contributed by atoms with Crippen LogP contribution in [0.25, 0.3) is 60.9 Å². The molecule has 0 saturated heterocycles. The van der Waals surface area contributed by atoms with Gasteiger partial charge in [-0.2, -0.15) is 0 Å². The molecule has 0 radical (unpaired) electrons. The van der Waals surface area contributed by atoms with E-state index >= 15 is 0 Å². The zero-order valence-electron chi connectivity index (χ0n) is 21.5. The van der Waals surface area contributed by atoms with Crippen molar-refractivity contribution in [3.8, 4) is 39.1 Å². The van der Waals surface area contributed by atoms with E-state index in [1.165, 1.54) is 83.1 Å². The minimum absolute atomic E-state index is 0.969. The lowest BCUT2D eigenvalue weighted by Gasteiger charge is -2.17. The van der Waals surface area contributed by atoms with E-state index < -0.39 is 0 Å². The van der Waals surface area contributed by atoms with Crippen LogP contribution in [0.3, 0.4) is 0 Å². The first-order valence-corrected chi connectivity index (χ1v) is 13.8. The molecule has 2 aliphatic carbocycles. The summed E-state index contributed by atoms with van der Waals surface area (Å²) >= 11 is 0. The summed E-state index contributed by atoms with van der Waals surface area (Å²) in [6.45, 7) is 0. The van der Waals surface area contributed by atoms with Crippen molar-refractivity contribution in [1.29, 1.82) is 0 Å². The summed E-state index contributed by atoms with van der Waals surface area (Å²) in [5.74, 6) is 0. The molecule has 39 heavy (non-hydrogen) atoms. The van der Waals surface area contributed by atoms with Gasteiger partial charge in [0, 0.05) is 16.3 Å². The summed E-state index contributed by atoms with van der Waals surface area (Å²) in [5.41, 5.74) is 17.6. The molecule has 0 atom stereocenters. The first kappa shape index (κ1) is 21.1. The van der Waals surface area contributed by atoms with Crippen molar-refractivity contribution >= 4 is 21.8 Å². The Morgan fingerprint density at radius 2 is 1.00 bits per heavy atom. The molecule has 0 unspecified atom stereocenters. The Kier molecular flexibility index (Phi) is 4.23. The first-order chi connectivity index (χ1) is 19.3. The van der Waals surface area contributed by atoms with E-state index in [1.54, 1.807) is 0 Å². The topological polar surface area (TPSA) is 4.93 Å². The zero-order chi connectivity index (χ0) is 25.5. The maximum atomic E-state index is 2.48. The van der Waals surface area contributed by atoms with Crippen LogP contribution in [-0.4, -0.2) is 4.57 Å². The van der Waals surface area contributed by atoms with Crippen molar-refractivity contribution in [3.05, 3.63) is 150 Å². The Labute approximate surface area is 227 Å². The molecule has 182 valence electrons. The SMILES string of the molecule is c1ccc2c(c1)Cc1ccc(-c3cccc4c3-c3c(cccc3-n3c5ccccc5c5ccccc53)C4)cc1-2. The summed E-state index contributed by atoms with van der Waals surface area (Å²) in [6, 6.07) is 47.3. The lowest BCUT2D eigenvalue weighted by atomic mass is 9.91. The maximum absolute atomic E-state index is 2.48. The fourth-order valence-corrected chi connectivity index (χ4v) is 7.17. The molecule has 0 N–H and O–H groups in total. The first-order valence-electron chi connectivity index (χ1n) is 13.8. The lowest BCUT2D eigenvalue weighted by molar-refractivity contribution is 1.17. The van der Waals surface area contributed by atoms with Crippen LogP contribution in [-0.2, 0) is 12.8 Å². The summed E-state index contributed by atoms with van der Waals surface area (Å²) in [4.78, 5) is 0. The van der Waals surface area contributed by atoms with Crippen molar-refractivity contribution in [2.75, 3.05) is 0 Å². The number of fused-ring (bicyclic) bond motifs is 9. The number of nitrogens with zero attached hydrogens (tertiary/aromatic N) is 1. The molecule has 6 aromatic carbocycles. The van der Waals surface area contributed by atoms with E-state index in [0.717, 1.165) is 12.8 Å². The molecular formula is C38H25N. The van der Waals surface area contributed by atoms with Gasteiger partial charge in [-0.05, 0) is 87.2 Å². The van der Waals surface area contributed by atoms with Crippen LogP contribution >= 0.6 is 0 Å². The zero-order valence-corrected chi connectivity index (χ0v) is 21.5. The van der Waals surface area contributed by atoms with Crippen molar-refractivity contribution in [3.63, 3.8) is 0 Å². The molecule has 0 saturated carbocycles. The van der Waals surface area contributed by atoms with Crippen LogP contribution in [0, 0.1) is 0 Å². The highest BCUT2D eigenvalue weighted by Gasteiger charge is 2.27. The monoisotopic (exact) mass is 495 g/mol. The van der Waals surface area contributed by atoms with Gasteiger partial charge in [0.25, 0.3) is 0 Å². The Balaban J connectivity index is 1.31. The lowest BCUT2D eigenvalue weighted by Crippen LogP contribution is -1.98. The van der Waals surface area contributed by atoms with Gasteiger partial charge < -0.3 is 4.57 Å². The van der Waals surface area contributed by atoms with Crippen molar-refractivity contribution in [1.82, 2.24) is 4.57 Å². The average molecular weight is 496 g/mol. The molecule has 1 nitrogen and oxygen atoms in total. The molecule has 7 aromatic rings. The predicted molar refractivity (Wildman–Crippen MR) is 163 cm³/mol. The highest BCUT2D eigenvalue weighted by Crippen LogP contribution is 2.48. The van der Waals surface area contributed by atoms with Gasteiger partial charge in [0.2, 0.25) is 0 Å². The second kappa shape index (κ2) is 7.82. The number of rotatable bonds is 2. The van der Waals surface area contributed by atoms with Crippen LogP contribution < -0.4 is 0 Å². The minimum Gasteiger partial charge on any atom is -0.309 e. The van der Waals surface area contributed by atoms with Crippen molar-refractivity contribution < 1.29 is 0 Å². The smallest absolute Gasteiger partial charge is 0.0543 e. The van der Waals surface area contributed by atoms with E-state index in [-0.39, 0.29) is 0 Å². The molecule has 0 spiro atoms. The van der Waals surface area contributed by atoms with E-state index in [1.807, 2.05) is 0 Å². The molecule has 2 aliphatic rings. The Morgan fingerprint density at radius 1 is 0.410 bits per heavy atom. The largest absolute Gasteiger partial charge is 0.309 e.